The number of hydrogen-bond acceptors (Lipinski definition) is 6. The molecule has 6 nitrogen and oxygen atoms in total. The number of hydrogen-bond donors (Lipinski definition) is 2. The molecule has 19 heavy (non-hydrogen) atoms. The third-order valence-electron chi connectivity index (χ3n) is 3.50. The number of nitrogens with one attached hydrogen (secondary N) is 1. The van der Waals surface area contributed by atoms with Gasteiger partial charge >= 0.3 is 0 Å². The molecule has 1 saturated heterocycles. The zero-order valence-corrected chi connectivity index (χ0v) is 12.1. The lowest BCUT2D eigenvalue weighted by Gasteiger charge is -2.22. The van der Waals surface area contributed by atoms with Crippen LogP contribution in [-0.4, -0.2) is 55.1 Å². The second-order valence-corrected chi connectivity index (χ2v) is 5.30. The van der Waals surface area contributed by atoms with Crippen LogP contribution in [-0.2, 0) is 0 Å². The molecule has 2 rings (SSSR count). The van der Waals surface area contributed by atoms with E-state index in [-0.39, 0.29) is 0 Å². The van der Waals surface area contributed by atoms with Crippen molar-refractivity contribution in [3.05, 3.63) is 6.07 Å². The summed E-state index contributed by atoms with van der Waals surface area (Å²) in [6.07, 6.45) is 1.25. The van der Waals surface area contributed by atoms with Crippen LogP contribution in [0.3, 0.4) is 0 Å². The molecule has 0 aromatic carbocycles. The topological polar surface area (TPSA) is 70.3 Å². The van der Waals surface area contributed by atoms with Gasteiger partial charge < -0.3 is 20.9 Å². The Morgan fingerprint density at radius 3 is 2.95 bits per heavy atom. The van der Waals surface area contributed by atoms with E-state index in [1.54, 1.807) is 0 Å². The van der Waals surface area contributed by atoms with Crippen LogP contribution in [0.4, 0.5) is 17.6 Å². The Morgan fingerprint density at radius 1 is 1.53 bits per heavy atom. The first kappa shape index (κ1) is 13.9. The van der Waals surface area contributed by atoms with Crippen molar-refractivity contribution in [3.8, 4) is 0 Å². The molecule has 1 aliphatic rings. The molecule has 0 radical (unpaired) electrons. The molecular formula is C13H24N6. The summed E-state index contributed by atoms with van der Waals surface area (Å²) < 4.78 is 0. The standard InChI is InChI=1S/C13H24N6/c1-4-15-11-7-12(17-13(14)16-11)19(3)9-10-5-6-18(2)8-10/h7,10H,4-6,8-9H2,1-3H3,(H3,14,15,16,17). The summed E-state index contributed by atoms with van der Waals surface area (Å²) in [6.45, 7) is 6.22. The van der Waals surface area contributed by atoms with E-state index >= 15 is 0 Å². The van der Waals surface area contributed by atoms with Gasteiger partial charge in [-0.1, -0.05) is 0 Å². The van der Waals surface area contributed by atoms with Crippen LogP contribution in [0.25, 0.3) is 0 Å². The lowest BCUT2D eigenvalue weighted by Crippen LogP contribution is -2.28. The lowest BCUT2D eigenvalue weighted by atomic mass is 10.1. The van der Waals surface area contributed by atoms with Gasteiger partial charge in [0.05, 0.1) is 0 Å². The van der Waals surface area contributed by atoms with Crippen LogP contribution in [0.1, 0.15) is 13.3 Å². The van der Waals surface area contributed by atoms with Gasteiger partial charge in [-0.3, -0.25) is 0 Å². The number of aromatic nitrogens is 2. The minimum Gasteiger partial charge on any atom is -0.370 e. The maximum Gasteiger partial charge on any atom is 0.223 e. The average Bonchev–Trinajstić information content (AvgIpc) is 2.74. The molecule has 106 valence electrons. The van der Waals surface area contributed by atoms with Crippen molar-refractivity contribution in [2.75, 3.05) is 56.2 Å². The summed E-state index contributed by atoms with van der Waals surface area (Å²) in [5.74, 6) is 2.70. The Hall–Kier alpha value is -1.56. The Balaban J connectivity index is 2.03. The Kier molecular flexibility index (Phi) is 4.42. The van der Waals surface area contributed by atoms with Gasteiger partial charge in [0.1, 0.15) is 11.6 Å². The summed E-state index contributed by atoms with van der Waals surface area (Å²) in [5.41, 5.74) is 5.76. The first-order chi connectivity index (χ1) is 9.08. The SMILES string of the molecule is CCNc1cc(N(C)CC2CCN(C)C2)nc(N)n1. The Labute approximate surface area is 115 Å². The lowest BCUT2D eigenvalue weighted by molar-refractivity contribution is 0.395. The zero-order chi connectivity index (χ0) is 13.8. The summed E-state index contributed by atoms with van der Waals surface area (Å²) in [6, 6.07) is 1.96. The van der Waals surface area contributed by atoms with Crippen molar-refractivity contribution in [3.63, 3.8) is 0 Å². The van der Waals surface area contributed by atoms with Gasteiger partial charge in [-0.25, -0.2) is 0 Å². The highest BCUT2D eigenvalue weighted by molar-refractivity contribution is 5.52. The number of likely N-dealkylation sites (tertiary alicyclic amines) is 1. The summed E-state index contributed by atoms with van der Waals surface area (Å²) in [5, 5.41) is 3.18. The number of rotatable bonds is 5. The van der Waals surface area contributed by atoms with Crippen LogP contribution in [0.2, 0.25) is 0 Å². The van der Waals surface area contributed by atoms with Crippen LogP contribution >= 0.6 is 0 Å². The average molecular weight is 264 g/mol. The van der Waals surface area contributed by atoms with Crippen LogP contribution in [0, 0.1) is 5.92 Å². The highest BCUT2D eigenvalue weighted by Crippen LogP contribution is 2.20. The van der Waals surface area contributed by atoms with Crippen LogP contribution in [0.5, 0.6) is 0 Å². The van der Waals surface area contributed by atoms with Crippen LogP contribution in [0.15, 0.2) is 6.07 Å². The number of nitrogen functional groups attached to an aromatic ring is 1. The molecule has 0 amide bonds. The second kappa shape index (κ2) is 6.06. The molecule has 1 fully saturated rings. The quantitative estimate of drug-likeness (QED) is 0.822. The van der Waals surface area contributed by atoms with Crippen molar-refractivity contribution < 1.29 is 0 Å². The van der Waals surface area contributed by atoms with Gasteiger partial charge in [0, 0.05) is 32.7 Å². The third-order valence-corrected chi connectivity index (χ3v) is 3.50. The first-order valence-corrected chi connectivity index (χ1v) is 6.86. The normalized spacial score (nSPS) is 19.6. The van der Waals surface area contributed by atoms with E-state index in [1.807, 2.05) is 13.0 Å². The highest BCUT2D eigenvalue weighted by atomic mass is 15.2. The molecule has 0 bridgehead atoms. The van der Waals surface area contributed by atoms with Gasteiger partial charge in [0.2, 0.25) is 5.95 Å². The number of nitrogens with two attached hydrogens (primary N) is 1. The van der Waals surface area contributed by atoms with Gasteiger partial charge in [-0.05, 0) is 32.9 Å². The van der Waals surface area contributed by atoms with E-state index in [2.05, 4.69) is 39.2 Å². The predicted octanol–water partition coefficient (Wildman–Crippen LogP) is 0.879. The van der Waals surface area contributed by atoms with E-state index in [9.17, 15) is 0 Å². The minimum absolute atomic E-state index is 0.323. The first-order valence-electron chi connectivity index (χ1n) is 6.86. The van der Waals surface area contributed by atoms with Gasteiger partial charge in [-0.2, -0.15) is 9.97 Å². The predicted molar refractivity (Wildman–Crippen MR) is 79.5 cm³/mol. The molecule has 1 aromatic heterocycles. The molecule has 2 heterocycles. The van der Waals surface area contributed by atoms with E-state index in [0.717, 1.165) is 31.3 Å². The molecular weight excluding hydrogens is 240 g/mol. The molecule has 1 unspecified atom stereocenters. The van der Waals surface area contributed by atoms with Crippen molar-refractivity contribution >= 4 is 17.6 Å². The highest BCUT2D eigenvalue weighted by Gasteiger charge is 2.21. The fraction of sp³-hybridized carbons (Fsp3) is 0.692. The Morgan fingerprint density at radius 2 is 2.32 bits per heavy atom. The summed E-state index contributed by atoms with van der Waals surface area (Å²) >= 11 is 0. The van der Waals surface area contributed by atoms with Crippen molar-refractivity contribution in [1.29, 1.82) is 0 Å². The van der Waals surface area contributed by atoms with Crippen molar-refractivity contribution in [2.45, 2.75) is 13.3 Å². The molecule has 1 aliphatic heterocycles. The molecule has 6 heteroatoms. The fourth-order valence-electron chi connectivity index (χ4n) is 2.58. The van der Waals surface area contributed by atoms with E-state index in [4.69, 9.17) is 5.73 Å². The summed E-state index contributed by atoms with van der Waals surface area (Å²) in [7, 11) is 4.24. The van der Waals surface area contributed by atoms with Gasteiger partial charge in [0.25, 0.3) is 0 Å². The summed E-state index contributed by atoms with van der Waals surface area (Å²) in [4.78, 5) is 13.0. The number of anilines is 3. The monoisotopic (exact) mass is 264 g/mol. The fourth-order valence-corrected chi connectivity index (χ4v) is 2.58. The smallest absolute Gasteiger partial charge is 0.223 e. The van der Waals surface area contributed by atoms with Crippen molar-refractivity contribution in [2.24, 2.45) is 5.92 Å². The third kappa shape index (κ3) is 3.70. The Bertz CT molecular complexity index is 422. The van der Waals surface area contributed by atoms with Crippen molar-refractivity contribution in [1.82, 2.24) is 14.9 Å². The minimum atomic E-state index is 0.323. The molecule has 3 N–H and O–H groups in total. The van der Waals surface area contributed by atoms with Crippen LogP contribution < -0.4 is 16.0 Å². The molecule has 0 aliphatic carbocycles. The zero-order valence-electron chi connectivity index (χ0n) is 12.1. The molecule has 0 saturated carbocycles. The molecule has 1 aromatic rings. The van der Waals surface area contributed by atoms with E-state index in [1.165, 1.54) is 13.0 Å². The number of nitrogens with zero attached hydrogens (tertiary/aromatic N) is 4. The molecule has 0 spiro atoms. The van der Waals surface area contributed by atoms with E-state index < -0.39 is 0 Å². The van der Waals surface area contributed by atoms with E-state index in [0.29, 0.717) is 11.9 Å². The van der Waals surface area contributed by atoms with Gasteiger partial charge in [-0.15, -0.1) is 0 Å². The largest absolute Gasteiger partial charge is 0.370 e. The maximum atomic E-state index is 5.76. The van der Waals surface area contributed by atoms with Gasteiger partial charge in [0.15, 0.2) is 0 Å². The second-order valence-electron chi connectivity index (χ2n) is 5.30. The molecule has 1 atom stereocenters. The maximum absolute atomic E-state index is 5.76.